The van der Waals surface area contributed by atoms with Crippen LogP contribution in [0.3, 0.4) is 0 Å². The van der Waals surface area contributed by atoms with Crippen LogP contribution >= 0.6 is 27.7 Å². The van der Waals surface area contributed by atoms with Gasteiger partial charge in [-0.15, -0.1) is 0 Å². The molecule has 0 fully saturated rings. The molecule has 1 aromatic rings. The van der Waals surface area contributed by atoms with Crippen LogP contribution in [0.5, 0.6) is 0 Å². The van der Waals surface area contributed by atoms with Crippen LogP contribution in [0.25, 0.3) is 0 Å². The molecule has 1 heterocycles. The maximum Gasteiger partial charge on any atom is 0.283 e. The smallest absolute Gasteiger partial charge is 0.283 e. The lowest BCUT2D eigenvalue weighted by atomic mass is 10.3. The molecule has 1 atom stereocenters. The fourth-order valence-electron chi connectivity index (χ4n) is 1.39. The van der Waals surface area contributed by atoms with Gasteiger partial charge in [0.25, 0.3) is 5.56 Å². The van der Waals surface area contributed by atoms with E-state index in [1.165, 1.54) is 4.68 Å². The highest BCUT2D eigenvalue weighted by Crippen LogP contribution is 2.17. The zero-order valence-corrected chi connectivity index (χ0v) is 13.5. The monoisotopic (exact) mass is 333 g/mol. The number of hydrogen-bond donors (Lipinski definition) is 1. The first-order valence-electron chi connectivity index (χ1n) is 6.12. The van der Waals surface area contributed by atoms with Crippen molar-refractivity contribution in [3.8, 4) is 0 Å². The van der Waals surface area contributed by atoms with Crippen LogP contribution in [-0.2, 0) is 6.54 Å². The number of nitrogens with zero attached hydrogens (tertiary/aromatic N) is 2. The Morgan fingerprint density at radius 2 is 2.33 bits per heavy atom. The molecule has 6 heteroatoms. The number of nitrogens with one attached hydrogen (secondary N) is 1. The number of hydrogen-bond acceptors (Lipinski definition) is 4. The zero-order valence-electron chi connectivity index (χ0n) is 11.1. The van der Waals surface area contributed by atoms with E-state index in [0.29, 0.717) is 16.3 Å². The average molecular weight is 334 g/mol. The molecule has 0 saturated heterocycles. The van der Waals surface area contributed by atoms with E-state index in [2.05, 4.69) is 46.4 Å². The van der Waals surface area contributed by atoms with Crippen LogP contribution < -0.4 is 10.9 Å². The molecule has 0 aliphatic carbocycles. The predicted molar refractivity (Wildman–Crippen MR) is 82.6 cm³/mol. The van der Waals surface area contributed by atoms with E-state index in [1.807, 2.05) is 0 Å². The maximum atomic E-state index is 12.0. The van der Waals surface area contributed by atoms with E-state index < -0.39 is 0 Å². The van der Waals surface area contributed by atoms with Gasteiger partial charge in [0.1, 0.15) is 4.47 Å². The third kappa shape index (κ3) is 4.31. The summed E-state index contributed by atoms with van der Waals surface area (Å²) in [6.07, 6.45) is 5.81. The van der Waals surface area contributed by atoms with Gasteiger partial charge >= 0.3 is 0 Å². The van der Waals surface area contributed by atoms with Gasteiger partial charge in [0, 0.05) is 18.3 Å². The molecule has 102 valence electrons. The number of unbranched alkanes of at least 4 members (excludes halogenated alkanes) is 1. The lowest BCUT2D eigenvalue weighted by molar-refractivity contribution is 0.541. The van der Waals surface area contributed by atoms with Crippen LogP contribution in [0.1, 0.15) is 26.7 Å². The molecule has 4 nitrogen and oxygen atoms in total. The first-order chi connectivity index (χ1) is 8.60. The molecule has 18 heavy (non-hydrogen) atoms. The Morgan fingerprint density at radius 3 is 2.94 bits per heavy atom. The maximum absolute atomic E-state index is 12.0. The van der Waals surface area contributed by atoms with Crippen molar-refractivity contribution in [3.63, 3.8) is 0 Å². The molecule has 1 aromatic heterocycles. The summed E-state index contributed by atoms with van der Waals surface area (Å²) in [6.45, 7) is 5.73. The van der Waals surface area contributed by atoms with Gasteiger partial charge in [-0.2, -0.15) is 16.9 Å². The lowest BCUT2D eigenvalue weighted by Crippen LogP contribution is -2.25. The van der Waals surface area contributed by atoms with Crippen LogP contribution in [-0.4, -0.2) is 27.8 Å². The zero-order chi connectivity index (χ0) is 13.5. The molecule has 0 saturated carbocycles. The van der Waals surface area contributed by atoms with Crippen LogP contribution in [0.2, 0.25) is 0 Å². The quantitative estimate of drug-likeness (QED) is 0.833. The van der Waals surface area contributed by atoms with Crippen molar-refractivity contribution in [1.29, 1.82) is 0 Å². The molecule has 0 spiro atoms. The van der Waals surface area contributed by atoms with Crippen LogP contribution in [0.4, 0.5) is 5.69 Å². The van der Waals surface area contributed by atoms with E-state index in [0.717, 1.165) is 25.1 Å². The van der Waals surface area contributed by atoms with E-state index >= 15 is 0 Å². The topological polar surface area (TPSA) is 46.9 Å². The lowest BCUT2D eigenvalue weighted by Gasteiger charge is -2.13. The molecule has 0 amide bonds. The van der Waals surface area contributed by atoms with Crippen molar-refractivity contribution < 1.29 is 0 Å². The highest BCUT2D eigenvalue weighted by molar-refractivity contribution is 9.10. The van der Waals surface area contributed by atoms with Gasteiger partial charge in [-0.1, -0.05) is 20.3 Å². The second kappa shape index (κ2) is 7.84. The summed E-state index contributed by atoms with van der Waals surface area (Å²) >= 11 is 5.14. The molecular weight excluding hydrogens is 314 g/mol. The number of aromatic nitrogens is 2. The fourth-order valence-corrected chi connectivity index (χ4v) is 2.09. The summed E-state index contributed by atoms with van der Waals surface area (Å²) in [5.74, 6) is 0. The van der Waals surface area contributed by atoms with Crippen molar-refractivity contribution in [2.24, 2.45) is 0 Å². The number of anilines is 1. The Hall–Kier alpha value is -0.490. The Labute approximate surface area is 121 Å². The highest BCUT2D eigenvalue weighted by atomic mass is 79.9. The highest BCUT2D eigenvalue weighted by Gasteiger charge is 2.09. The Bertz CT molecular complexity index is 436. The van der Waals surface area contributed by atoms with Gasteiger partial charge in [-0.3, -0.25) is 4.79 Å². The minimum Gasteiger partial charge on any atom is -0.382 e. The number of aryl methyl sites for hydroxylation is 1. The van der Waals surface area contributed by atoms with E-state index in [9.17, 15) is 4.79 Å². The summed E-state index contributed by atoms with van der Waals surface area (Å²) in [7, 11) is 0. The van der Waals surface area contributed by atoms with Gasteiger partial charge in [0.2, 0.25) is 0 Å². The molecule has 0 bridgehead atoms. The van der Waals surface area contributed by atoms with Crippen molar-refractivity contribution >= 4 is 33.4 Å². The molecular formula is C12H20BrN3OS. The van der Waals surface area contributed by atoms with Gasteiger partial charge in [-0.05, 0) is 28.6 Å². The molecule has 0 aliphatic rings. The van der Waals surface area contributed by atoms with Crippen LogP contribution in [0.15, 0.2) is 15.5 Å². The van der Waals surface area contributed by atoms with E-state index in [1.54, 1.807) is 18.0 Å². The largest absolute Gasteiger partial charge is 0.382 e. The molecule has 1 N–H and O–H groups in total. The van der Waals surface area contributed by atoms with Crippen molar-refractivity contribution in [2.75, 3.05) is 18.1 Å². The molecule has 1 unspecified atom stereocenters. The molecule has 1 rings (SSSR count). The van der Waals surface area contributed by atoms with Gasteiger partial charge in [-0.25, -0.2) is 4.68 Å². The van der Waals surface area contributed by atoms with E-state index in [-0.39, 0.29) is 5.56 Å². The van der Waals surface area contributed by atoms with Crippen molar-refractivity contribution in [2.45, 2.75) is 38.5 Å². The van der Waals surface area contributed by atoms with Gasteiger partial charge in [0.15, 0.2) is 0 Å². The summed E-state index contributed by atoms with van der Waals surface area (Å²) in [5.41, 5.74) is 0.707. The third-order valence-electron chi connectivity index (χ3n) is 2.69. The number of halogens is 1. The standard InChI is InChI=1S/C12H20BrN3OS/c1-4-5-6-16-12(17)11(13)10(8-15-16)14-7-9(2)18-3/h8-9,14H,4-7H2,1-3H3. The normalized spacial score (nSPS) is 12.4. The Balaban J connectivity index is 2.77. The first-order valence-corrected chi connectivity index (χ1v) is 8.20. The Morgan fingerprint density at radius 1 is 1.61 bits per heavy atom. The van der Waals surface area contributed by atoms with Crippen molar-refractivity contribution in [1.82, 2.24) is 9.78 Å². The average Bonchev–Trinajstić information content (AvgIpc) is 2.39. The molecule has 0 aliphatic heterocycles. The van der Waals surface area contributed by atoms with Crippen molar-refractivity contribution in [3.05, 3.63) is 21.0 Å². The number of rotatable bonds is 7. The summed E-state index contributed by atoms with van der Waals surface area (Å²) in [6, 6.07) is 0. The summed E-state index contributed by atoms with van der Waals surface area (Å²) < 4.78 is 2.08. The first kappa shape index (κ1) is 15.6. The second-order valence-corrected chi connectivity index (χ2v) is 6.25. The minimum atomic E-state index is -0.0646. The second-order valence-electron chi connectivity index (χ2n) is 4.18. The van der Waals surface area contributed by atoms with Gasteiger partial charge < -0.3 is 5.32 Å². The van der Waals surface area contributed by atoms with E-state index in [4.69, 9.17) is 0 Å². The fraction of sp³-hybridized carbons (Fsp3) is 0.667. The molecule has 0 aromatic carbocycles. The van der Waals surface area contributed by atoms with Gasteiger partial charge in [0.05, 0.1) is 11.9 Å². The summed E-state index contributed by atoms with van der Waals surface area (Å²) in [5, 5.41) is 7.93. The summed E-state index contributed by atoms with van der Waals surface area (Å²) in [4.78, 5) is 12.0. The minimum absolute atomic E-state index is 0.0646. The predicted octanol–water partition coefficient (Wildman–Crippen LogP) is 2.97. The number of thioether (sulfide) groups is 1. The molecule has 0 radical (unpaired) electrons. The van der Waals surface area contributed by atoms with Crippen LogP contribution in [0, 0.1) is 0 Å². The Kier molecular flexibility index (Phi) is 6.78. The SMILES string of the molecule is CCCCn1ncc(NCC(C)SC)c(Br)c1=O. The third-order valence-corrected chi connectivity index (χ3v) is 4.43.